The van der Waals surface area contributed by atoms with Crippen LogP contribution in [0.25, 0.3) is 10.4 Å². The van der Waals surface area contributed by atoms with E-state index in [1.807, 2.05) is 24.4 Å². The van der Waals surface area contributed by atoms with Crippen molar-refractivity contribution in [3.8, 4) is 16.2 Å². The van der Waals surface area contributed by atoms with Gasteiger partial charge in [0.25, 0.3) is 0 Å². The molecule has 14 heavy (non-hydrogen) atoms. The summed E-state index contributed by atoms with van der Waals surface area (Å²) in [6.07, 6.45) is 0. The predicted octanol–water partition coefficient (Wildman–Crippen LogP) is 4.08. The molecule has 2 rings (SSSR count). The summed E-state index contributed by atoms with van der Waals surface area (Å²) in [7, 11) is 0. The molecule has 2 aromatic rings. The first-order valence-electron chi connectivity index (χ1n) is 4.21. The van der Waals surface area contributed by atoms with E-state index in [2.05, 4.69) is 0 Å². The zero-order valence-electron chi connectivity index (χ0n) is 7.62. The topological polar surface area (TPSA) is 20.2 Å². The van der Waals surface area contributed by atoms with Gasteiger partial charge in [0, 0.05) is 0 Å². The van der Waals surface area contributed by atoms with Gasteiger partial charge in [0.15, 0.2) is 0 Å². The van der Waals surface area contributed by atoms with E-state index in [9.17, 15) is 5.11 Å². The molecule has 0 amide bonds. The first-order chi connectivity index (χ1) is 6.68. The fourth-order valence-electron chi connectivity index (χ4n) is 1.39. The molecule has 0 unspecified atom stereocenters. The number of phenolic OH excluding ortho intramolecular Hbond substituents is 1. The minimum atomic E-state index is 0.291. The highest BCUT2D eigenvalue weighted by atomic mass is 35.5. The van der Waals surface area contributed by atoms with Crippen LogP contribution >= 0.6 is 22.9 Å². The molecule has 0 aliphatic heterocycles. The van der Waals surface area contributed by atoms with E-state index in [0.29, 0.717) is 5.75 Å². The molecule has 0 saturated carbocycles. The van der Waals surface area contributed by atoms with E-state index in [1.54, 1.807) is 23.5 Å². The molecule has 0 aliphatic carbocycles. The molecule has 0 radical (unpaired) electrons. The molecule has 3 heteroatoms. The lowest BCUT2D eigenvalue weighted by Gasteiger charge is -2.04. The average molecular weight is 225 g/mol. The van der Waals surface area contributed by atoms with Gasteiger partial charge < -0.3 is 5.11 Å². The van der Waals surface area contributed by atoms with Crippen LogP contribution in [-0.4, -0.2) is 5.11 Å². The van der Waals surface area contributed by atoms with Crippen molar-refractivity contribution < 1.29 is 5.11 Å². The van der Waals surface area contributed by atoms with Gasteiger partial charge in [-0.2, -0.15) is 0 Å². The highest BCUT2D eigenvalue weighted by molar-refractivity contribution is 7.14. The van der Waals surface area contributed by atoms with Gasteiger partial charge in [-0.1, -0.05) is 11.6 Å². The molecular formula is C11H9ClOS. The van der Waals surface area contributed by atoms with Crippen LogP contribution < -0.4 is 0 Å². The Labute approximate surface area is 91.6 Å². The number of aromatic hydroxyl groups is 1. The van der Waals surface area contributed by atoms with Crippen molar-refractivity contribution in [3.63, 3.8) is 0 Å². The molecule has 0 saturated heterocycles. The quantitative estimate of drug-likeness (QED) is 0.774. The lowest BCUT2D eigenvalue weighted by molar-refractivity contribution is 0.475. The Bertz CT molecular complexity index is 462. The van der Waals surface area contributed by atoms with Crippen molar-refractivity contribution in [1.29, 1.82) is 0 Å². The predicted molar refractivity (Wildman–Crippen MR) is 61.2 cm³/mol. The van der Waals surface area contributed by atoms with Gasteiger partial charge in [0.1, 0.15) is 5.75 Å². The van der Waals surface area contributed by atoms with Crippen LogP contribution in [0.15, 0.2) is 29.6 Å². The fourth-order valence-corrected chi connectivity index (χ4v) is 2.64. The average Bonchev–Trinajstić information content (AvgIpc) is 2.52. The normalized spacial score (nSPS) is 10.4. The minimum Gasteiger partial charge on any atom is -0.508 e. The third-order valence-electron chi connectivity index (χ3n) is 2.07. The zero-order chi connectivity index (χ0) is 10.1. The van der Waals surface area contributed by atoms with Crippen LogP contribution in [0.5, 0.6) is 5.75 Å². The zero-order valence-corrected chi connectivity index (χ0v) is 9.19. The number of thiophene rings is 1. The molecule has 0 bridgehead atoms. The van der Waals surface area contributed by atoms with Crippen molar-refractivity contribution in [2.24, 2.45) is 0 Å². The van der Waals surface area contributed by atoms with Crippen molar-refractivity contribution in [1.82, 2.24) is 0 Å². The van der Waals surface area contributed by atoms with Crippen LogP contribution in [0.1, 0.15) is 5.56 Å². The lowest BCUT2D eigenvalue weighted by Crippen LogP contribution is -1.79. The maximum absolute atomic E-state index is 9.27. The monoisotopic (exact) mass is 224 g/mol. The molecule has 0 aliphatic rings. The summed E-state index contributed by atoms with van der Waals surface area (Å²) in [4.78, 5) is 1.06. The van der Waals surface area contributed by atoms with Crippen LogP contribution in [0.2, 0.25) is 5.02 Å². The van der Waals surface area contributed by atoms with Crippen molar-refractivity contribution in [3.05, 3.63) is 40.2 Å². The first-order valence-corrected chi connectivity index (χ1v) is 5.47. The second-order valence-electron chi connectivity index (χ2n) is 3.10. The molecular weight excluding hydrogens is 216 g/mol. The van der Waals surface area contributed by atoms with Gasteiger partial charge in [0.2, 0.25) is 0 Å². The highest BCUT2D eigenvalue weighted by Crippen LogP contribution is 2.35. The summed E-state index contributed by atoms with van der Waals surface area (Å²) >= 11 is 7.64. The van der Waals surface area contributed by atoms with Crippen molar-refractivity contribution >= 4 is 22.9 Å². The maximum Gasteiger partial charge on any atom is 0.115 e. The Balaban J connectivity index is 2.58. The molecule has 0 spiro atoms. The molecule has 0 atom stereocenters. The van der Waals surface area contributed by atoms with E-state index in [-0.39, 0.29) is 0 Å². The second kappa shape index (κ2) is 3.64. The second-order valence-corrected chi connectivity index (χ2v) is 4.42. The Morgan fingerprint density at radius 1 is 1.29 bits per heavy atom. The van der Waals surface area contributed by atoms with Crippen molar-refractivity contribution in [2.75, 3.05) is 0 Å². The van der Waals surface area contributed by atoms with Gasteiger partial charge >= 0.3 is 0 Å². The first kappa shape index (κ1) is 9.56. The van der Waals surface area contributed by atoms with Crippen LogP contribution in [-0.2, 0) is 0 Å². The van der Waals surface area contributed by atoms with Crippen LogP contribution in [0, 0.1) is 6.92 Å². The third kappa shape index (κ3) is 1.63. The summed E-state index contributed by atoms with van der Waals surface area (Å²) in [5, 5.41) is 12.0. The van der Waals surface area contributed by atoms with Crippen molar-refractivity contribution in [2.45, 2.75) is 6.92 Å². The van der Waals surface area contributed by atoms with E-state index in [4.69, 9.17) is 11.6 Å². The molecule has 72 valence electrons. The van der Waals surface area contributed by atoms with E-state index < -0.39 is 0 Å². The molecule has 1 aromatic heterocycles. The number of hydrogen-bond acceptors (Lipinski definition) is 2. The maximum atomic E-state index is 9.27. The van der Waals surface area contributed by atoms with Gasteiger partial charge in [-0.05, 0) is 47.7 Å². The Morgan fingerprint density at radius 2 is 2.07 bits per heavy atom. The van der Waals surface area contributed by atoms with Crippen LogP contribution in [0.4, 0.5) is 0 Å². The summed E-state index contributed by atoms with van der Waals surface area (Å²) in [6.45, 7) is 1.96. The summed E-state index contributed by atoms with van der Waals surface area (Å²) in [5.41, 5.74) is 2.12. The highest BCUT2D eigenvalue weighted by Gasteiger charge is 2.07. The Kier molecular flexibility index (Phi) is 2.48. The summed E-state index contributed by atoms with van der Waals surface area (Å²) in [5.74, 6) is 0.291. The molecule has 1 nitrogen and oxygen atoms in total. The van der Waals surface area contributed by atoms with Gasteiger partial charge in [-0.3, -0.25) is 0 Å². The SMILES string of the molecule is Cc1cc(O)ccc1-c1sccc1Cl. The Hall–Kier alpha value is -0.990. The molecule has 1 aromatic carbocycles. The number of rotatable bonds is 1. The number of phenols is 1. The molecule has 0 fully saturated rings. The van der Waals surface area contributed by atoms with E-state index >= 15 is 0 Å². The fraction of sp³-hybridized carbons (Fsp3) is 0.0909. The number of benzene rings is 1. The summed E-state index contributed by atoms with van der Waals surface area (Å²) < 4.78 is 0. The summed E-state index contributed by atoms with van der Waals surface area (Å²) in [6, 6.07) is 7.19. The van der Waals surface area contributed by atoms with E-state index in [1.165, 1.54) is 0 Å². The number of aryl methyl sites for hydroxylation is 1. The minimum absolute atomic E-state index is 0.291. The molecule has 1 heterocycles. The lowest BCUT2D eigenvalue weighted by atomic mass is 10.1. The number of halogens is 1. The van der Waals surface area contributed by atoms with E-state index in [0.717, 1.165) is 21.0 Å². The third-order valence-corrected chi connectivity index (χ3v) is 3.45. The smallest absolute Gasteiger partial charge is 0.115 e. The van der Waals surface area contributed by atoms with Crippen LogP contribution in [0.3, 0.4) is 0 Å². The number of hydrogen-bond donors (Lipinski definition) is 1. The van der Waals surface area contributed by atoms with Gasteiger partial charge in [0.05, 0.1) is 9.90 Å². The molecule has 1 N–H and O–H groups in total. The van der Waals surface area contributed by atoms with Gasteiger partial charge in [-0.25, -0.2) is 0 Å². The van der Waals surface area contributed by atoms with Gasteiger partial charge in [-0.15, -0.1) is 11.3 Å². The standard InChI is InChI=1S/C11H9ClOS/c1-7-6-8(13)2-3-9(7)11-10(12)4-5-14-11/h2-6,13H,1H3. The largest absolute Gasteiger partial charge is 0.508 e. The Morgan fingerprint density at radius 3 is 2.64 bits per heavy atom.